The number of amides is 1. The van der Waals surface area contributed by atoms with Crippen molar-refractivity contribution in [2.24, 2.45) is 0 Å². The first-order valence-electron chi connectivity index (χ1n) is 7.49. The summed E-state index contributed by atoms with van der Waals surface area (Å²) in [5.41, 5.74) is 1.57. The molecule has 0 aliphatic carbocycles. The van der Waals surface area contributed by atoms with Crippen molar-refractivity contribution >= 4 is 22.5 Å². The maximum absolute atomic E-state index is 12.2. The smallest absolute Gasteiger partial charge is 0.227 e. The molecule has 0 saturated carbocycles. The Morgan fingerprint density at radius 2 is 2.10 bits per heavy atom. The Labute approximate surface area is 125 Å². The van der Waals surface area contributed by atoms with Gasteiger partial charge in [0.1, 0.15) is 0 Å². The van der Waals surface area contributed by atoms with Crippen molar-refractivity contribution in [3.05, 3.63) is 36.5 Å². The number of pyridine rings is 1. The number of para-hydroxylation sites is 1. The highest BCUT2D eigenvalue weighted by Gasteiger charge is 2.14. The van der Waals surface area contributed by atoms with Gasteiger partial charge in [0, 0.05) is 18.2 Å². The topological polar surface area (TPSA) is 51.2 Å². The lowest BCUT2D eigenvalue weighted by molar-refractivity contribution is -0.119. The first kappa shape index (κ1) is 15.4. The minimum Gasteiger partial charge on any atom is -0.378 e. The molecule has 1 amide bonds. The van der Waals surface area contributed by atoms with Gasteiger partial charge in [0.05, 0.1) is 23.7 Å². The van der Waals surface area contributed by atoms with Crippen LogP contribution in [0.4, 0.5) is 5.69 Å². The predicted molar refractivity (Wildman–Crippen MR) is 85.3 cm³/mol. The molecule has 21 heavy (non-hydrogen) atoms. The molecule has 1 atom stereocenters. The van der Waals surface area contributed by atoms with E-state index in [1.807, 2.05) is 37.3 Å². The van der Waals surface area contributed by atoms with Gasteiger partial charge < -0.3 is 10.1 Å². The molecule has 112 valence electrons. The maximum Gasteiger partial charge on any atom is 0.227 e. The minimum atomic E-state index is -0.0277. The zero-order valence-corrected chi connectivity index (χ0v) is 12.6. The van der Waals surface area contributed by atoms with E-state index in [2.05, 4.69) is 17.2 Å². The van der Waals surface area contributed by atoms with Crippen LogP contribution in [0.2, 0.25) is 0 Å². The predicted octanol–water partition coefficient (Wildman–Crippen LogP) is 3.77. The molecule has 0 fully saturated rings. The second-order valence-electron chi connectivity index (χ2n) is 5.00. The van der Waals surface area contributed by atoms with Crippen LogP contribution < -0.4 is 5.32 Å². The summed E-state index contributed by atoms with van der Waals surface area (Å²) in [4.78, 5) is 16.5. The molecule has 0 aliphatic rings. The average Bonchev–Trinajstić information content (AvgIpc) is 2.48. The molecule has 0 aliphatic heterocycles. The number of carbonyl (C=O) groups excluding carboxylic acids is 1. The summed E-state index contributed by atoms with van der Waals surface area (Å²) >= 11 is 0. The highest BCUT2D eigenvalue weighted by atomic mass is 16.5. The molecule has 1 unspecified atom stereocenters. The Hall–Kier alpha value is -1.94. The van der Waals surface area contributed by atoms with Gasteiger partial charge in [-0.25, -0.2) is 0 Å². The van der Waals surface area contributed by atoms with Crippen LogP contribution in [0.3, 0.4) is 0 Å². The molecule has 1 aromatic carbocycles. The van der Waals surface area contributed by atoms with E-state index in [1.165, 1.54) is 0 Å². The number of carbonyl (C=O) groups is 1. The molecule has 2 aromatic rings. The Balaban J connectivity index is 2.07. The fraction of sp³-hybridized carbons (Fsp3) is 0.412. The van der Waals surface area contributed by atoms with Crippen molar-refractivity contribution in [2.45, 2.75) is 39.2 Å². The van der Waals surface area contributed by atoms with Crippen LogP contribution in [-0.2, 0) is 9.53 Å². The molecule has 1 heterocycles. The Bertz CT molecular complexity index is 587. The van der Waals surface area contributed by atoms with E-state index in [-0.39, 0.29) is 12.0 Å². The van der Waals surface area contributed by atoms with E-state index >= 15 is 0 Å². The molecule has 0 bridgehead atoms. The first-order valence-corrected chi connectivity index (χ1v) is 7.49. The van der Waals surface area contributed by atoms with Crippen molar-refractivity contribution < 1.29 is 9.53 Å². The third-order valence-corrected chi connectivity index (χ3v) is 3.33. The number of benzene rings is 1. The number of rotatable bonds is 7. The van der Waals surface area contributed by atoms with Crippen LogP contribution in [0.5, 0.6) is 0 Å². The van der Waals surface area contributed by atoms with Crippen molar-refractivity contribution in [3.63, 3.8) is 0 Å². The van der Waals surface area contributed by atoms with Crippen molar-refractivity contribution in [3.8, 4) is 0 Å². The van der Waals surface area contributed by atoms with Crippen LogP contribution >= 0.6 is 0 Å². The number of aromatic nitrogens is 1. The SMILES string of the molecule is CCCC(CC(=O)Nc1cccc2cccnc12)OCC. The van der Waals surface area contributed by atoms with Gasteiger partial charge in [-0.3, -0.25) is 9.78 Å². The molecule has 4 nitrogen and oxygen atoms in total. The Morgan fingerprint density at radius 3 is 2.86 bits per heavy atom. The van der Waals surface area contributed by atoms with Gasteiger partial charge in [-0.2, -0.15) is 0 Å². The molecule has 2 rings (SSSR count). The monoisotopic (exact) mass is 286 g/mol. The fourth-order valence-electron chi connectivity index (χ4n) is 2.42. The number of hydrogen-bond donors (Lipinski definition) is 1. The molecule has 0 spiro atoms. The Kier molecular flexibility index (Phi) is 5.69. The number of hydrogen-bond acceptors (Lipinski definition) is 3. The van der Waals surface area contributed by atoms with Gasteiger partial charge in [0.25, 0.3) is 0 Å². The van der Waals surface area contributed by atoms with Gasteiger partial charge >= 0.3 is 0 Å². The van der Waals surface area contributed by atoms with Gasteiger partial charge in [-0.15, -0.1) is 0 Å². The molecule has 0 saturated heterocycles. The van der Waals surface area contributed by atoms with Gasteiger partial charge in [0.2, 0.25) is 5.91 Å². The molecular formula is C17H22N2O2. The van der Waals surface area contributed by atoms with Crippen LogP contribution in [0.1, 0.15) is 33.1 Å². The van der Waals surface area contributed by atoms with E-state index in [1.54, 1.807) is 6.20 Å². The maximum atomic E-state index is 12.2. The number of anilines is 1. The summed E-state index contributed by atoms with van der Waals surface area (Å²) in [6.45, 7) is 4.68. The van der Waals surface area contributed by atoms with Crippen molar-refractivity contribution in [1.82, 2.24) is 4.98 Å². The largest absolute Gasteiger partial charge is 0.378 e. The van der Waals surface area contributed by atoms with E-state index in [9.17, 15) is 4.79 Å². The number of fused-ring (bicyclic) bond motifs is 1. The highest BCUT2D eigenvalue weighted by molar-refractivity contribution is 6.00. The quantitative estimate of drug-likeness (QED) is 0.843. The van der Waals surface area contributed by atoms with Gasteiger partial charge in [-0.1, -0.05) is 31.5 Å². The van der Waals surface area contributed by atoms with Gasteiger partial charge in [-0.05, 0) is 25.5 Å². The zero-order valence-electron chi connectivity index (χ0n) is 12.6. The molecule has 4 heteroatoms. The fourth-order valence-corrected chi connectivity index (χ4v) is 2.42. The third-order valence-electron chi connectivity index (χ3n) is 3.33. The lowest BCUT2D eigenvalue weighted by atomic mass is 10.1. The molecule has 1 aromatic heterocycles. The van der Waals surface area contributed by atoms with Crippen molar-refractivity contribution in [2.75, 3.05) is 11.9 Å². The van der Waals surface area contributed by atoms with E-state index in [4.69, 9.17) is 4.74 Å². The number of ether oxygens (including phenoxy) is 1. The van der Waals surface area contributed by atoms with Crippen LogP contribution in [-0.4, -0.2) is 23.6 Å². The second kappa shape index (κ2) is 7.74. The van der Waals surface area contributed by atoms with Gasteiger partial charge in [0.15, 0.2) is 0 Å². The number of nitrogens with zero attached hydrogens (tertiary/aromatic N) is 1. The lowest BCUT2D eigenvalue weighted by Crippen LogP contribution is -2.22. The van der Waals surface area contributed by atoms with E-state index in [0.717, 1.165) is 29.4 Å². The average molecular weight is 286 g/mol. The molecule has 0 radical (unpaired) electrons. The lowest BCUT2D eigenvalue weighted by Gasteiger charge is -2.16. The summed E-state index contributed by atoms with van der Waals surface area (Å²) in [5.74, 6) is -0.0277. The van der Waals surface area contributed by atoms with E-state index in [0.29, 0.717) is 13.0 Å². The summed E-state index contributed by atoms with van der Waals surface area (Å²) < 4.78 is 5.60. The summed E-state index contributed by atoms with van der Waals surface area (Å²) in [6.07, 6.45) is 4.01. The third kappa shape index (κ3) is 4.26. The molecular weight excluding hydrogens is 264 g/mol. The standard InChI is InChI=1S/C17H22N2O2/c1-3-7-14(21-4-2)12-16(20)19-15-10-5-8-13-9-6-11-18-17(13)15/h5-6,8-11,14H,3-4,7,12H2,1-2H3,(H,19,20). The second-order valence-corrected chi connectivity index (χ2v) is 5.00. The van der Waals surface area contributed by atoms with Crippen LogP contribution in [0.25, 0.3) is 10.9 Å². The first-order chi connectivity index (χ1) is 10.2. The number of nitrogens with one attached hydrogen (secondary N) is 1. The normalized spacial score (nSPS) is 12.3. The van der Waals surface area contributed by atoms with E-state index < -0.39 is 0 Å². The van der Waals surface area contributed by atoms with Crippen LogP contribution in [0, 0.1) is 0 Å². The van der Waals surface area contributed by atoms with Crippen LogP contribution in [0.15, 0.2) is 36.5 Å². The minimum absolute atomic E-state index is 0.0112. The van der Waals surface area contributed by atoms with Crippen molar-refractivity contribution in [1.29, 1.82) is 0 Å². The summed E-state index contributed by atoms with van der Waals surface area (Å²) in [6, 6.07) is 9.66. The Morgan fingerprint density at radius 1 is 1.29 bits per heavy atom. The molecule has 1 N–H and O–H groups in total. The zero-order chi connectivity index (χ0) is 15.1. The summed E-state index contributed by atoms with van der Waals surface area (Å²) in [7, 11) is 0. The highest BCUT2D eigenvalue weighted by Crippen LogP contribution is 2.21. The summed E-state index contributed by atoms with van der Waals surface area (Å²) in [5, 5.41) is 3.97.